The quantitative estimate of drug-likeness (QED) is 0.474. The molecule has 2 aliphatic rings. The van der Waals surface area contributed by atoms with E-state index in [4.69, 9.17) is 4.74 Å². The second-order valence-electron chi connectivity index (χ2n) is 8.01. The molecule has 1 aromatic rings. The van der Waals surface area contributed by atoms with Gasteiger partial charge in [-0.1, -0.05) is 38.1 Å². The lowest BCUT2D eigenvalue weighted by atomic mass is 10.0. The minimum Gasteiger partial charge on any atom is -0.379 e. The molecule has 0 radical (unpaired) electrons. The molecule has 1 unspecified atom stereocenters. The molecule has 2 aliphatic heterocycles. The summed E-state index contributed by atoms with van der Waals surface area (Å²) in [6, 6.07) is 9.73. The first-order valence-corrected chi connectivity index (χ1v) is 10.5. The number of benzene rings is 1. The number of aliphatic imine (C=N–C) groups is 1. The van der Waals surface area contributed by atoms with E-state index in [0.29, 0.717) is 12.0 Å². The van der Waals surface area contributed by atoms with Crippen LogP contribution in [0.25, 0.3) is 0 Å². The number of hydrogen-bond acceptors (Lipinski definition) is 3. The Morgan fingerprint density at radius 2 is 1.93 bits per heavy atom. The third kappa shape index (κ3) is 5.69. The van der Waals surface area contributed by atoms with Crippen LogP contribution in [0.15, 0.2) is 29.3 Å². The van der Waals surface area contributed by atoms with Crippen LogP contribution in [0.2, 0.25) is 0 Å². The molecule has 0 amide bonds. The minimum absolute atomic E-state index is 0.603. The second-order valence-corrected chi connectivity index (χ2v) is 8.01. The number of ether oxygens (including phenoxy) is 1. The van der Waals surface area contributed by atoms with Crippen LogP contribution < -0.4 is 5.32 Å². The van der Waals surface area contributed by atoms with E-state index in [1.54, 1.807) is 0 Å². The Hall–Kier alpha value is -1.59. The van der Waals surface area contributed by atoms with Gasteiger partial charge in [-0.2, -0.15) is 0 Å². The van der Waals surface area contributed by atoms with Crippen LogP contribution in [0, 0.1) is 0 Å². The third-order valence-electron chi connectivity index (χ3n) is 5.81. The first-order valence-electron chi connectivity index (χ1n) is 10.5. The van der Waals surface area contributed by atoms with Crippen molar-refractivity contribution in [3.05, 3.63) is 35.4 Å². The van der Waals surface area contributed by atoms with Gasteiger partial charge in [-0.25, -0.2) is 0 Å². The second kappa shape index (κ2) is 10.1. The number of hydrogen-bond donors (Lipinski definition) is 1. The highest BCUT2D eigenvalue weighted by molar-refractivity contribution is 5.80. The maximum absolute atomic E-state index is 5.48. The van der Waals surface area contributed by atoms with Crippen LogP contribution in [0.4, 0.5) is 0 Å². The average Bonchev–Trinajstić information content (AvgIpc) is 3.19. The lowest BCUT2D eigenvalue weighted by Crippen LogP contribution is -2.46. The van der Waals surface area contributed by atoms with Gasteiger partial charge in [0.15, 0.2) is 5.96 Å². The van der Waals surface area contributed by atoms with Crippen molar-refractivity contribution in [2.24, 2.45) is 4.99 Å². The third-order valence-corrected chi connectivity index (χ3v) is 5.81. The molecule has 0 aliphatic carbocycles. The largest absolute Gasteiger partial charge is 0.379 e. The van der Waals surface area contributed by atoms with Gasteiger partial charge in [-0.15, -0.1) is 0 Å². The monoisotopic (exact) mass is 372 g/mol. The van der Waals surface area contributed by atoms with Crippen LogP contribution in [0.1, 0.15) is 43.7 Å². The topological polar surface area (TPSA) is 40.1 Å². The number of nitrogens with one attached hydrogen (secondary N) is 1. The molecule has 2 heterocycles. The molecule has 2 saturated heterocycles. The predicted molar refractivity (Wildman–Crippen MR) is 113 cm³/mol. The molecule has 5 heteroatoms. The van der Waals surface area contributed by atoms with E-state index in [9.17, 15) is 0 Å². The first-order chi connectivity index (χ1) is 13.2. The van der Waals surface area contributed by atoms with Gasteiger partial charge in [0.2, 0.25) is 0 Å². The maximum atomic E-state index is 5.48. The van der Waals surface area contributed by atoms with Crippen molar-refractivity contribution >= 4 is 5.96 Å². The zero-order valence-electron chi connectivity index (χ0n) is 17.3. The fourth-order valence-electron chi connectivity index (χ4n) is 4.07. The van der Waals surface area contributed by atoms with Crippen molar-refractivity contribution in [1.82, 2.24) is 15.1 Å². The van der Waals surface area contributed by atoms with Gasteiger partial charge in [0.05, 0.1) is 13.2 Å². The summed E-state index contributed by atoms with van der Waals surface area (Å²) in [5.41, 5.74) is 2.84. The van der Waals surface area contributed by atoms with Crippen LogP contribution in [0.5, 0.6) is 0 Å². The predicted octanol–water partition coefficient (Wildman–Crippen LogP) is 2.72. The molecule has 3 rings (SSSR count). The van der Waals surface area contributed by atoms with Crippen LogP contribution in [-0.2, 0) is 11.2 Å². The van der Waals surface area contributed by atoms with Crippen molar-refractivity contribution in [2.75, 3.05) is 53.0 Å². The van der Waals surface area contributed by atoms with Crippen molar-refractivity contribution in [1.29, 1.82) is 0 Å². The molecule has 0 aromatic heterocycles. The number of nitrogens with zero attached hydrogens (tertiary/aromatic N) is 3. The van der Waals surface area contributed by atoms with E-state index < -0.39 is 0 Å². The van der Waals surface area contributed by atoms with Crippen molar-refractivity contribution in [3.8, 4) is 0 Å². The summed E-state index contributed by atoms with van der Waals surface area (Å²) < 4.78 is 5.48. The van der Waals surface area contributed by atoms with Crippen molar-refractivity contribution < 1.29 is 4.74 Å². The zero-order chi connectivity index (χ0) is 19.1. The Balaban J connectivity index is 1.39. The highest BCUT2D eigenvalue weighted by atomic mass is 16.5. The molecule has 5 nitrogen and oxygen atoms in total. The Morgan fingerprint density at radius 3 is 2.59 bits per heavy atom. The molecule has 1 N–H and O–H groups in total. The molecule has 1 atom stereocenters. The number of rotatable bonds is 6. The van der Waals surface area contributed by atoms with Gasteiger partial charge in [0.1, 0.15) is 0 Å². The Labute approximate surface area is 164 Å². The van der Waals surface area contributed by atoms with Crippen molar-refractivity contribution in [2.45, 2.75) is 45.1 Å². The number of likely N-dealkylation sites (tertiary alicyclic amines) is 1. The SMILES string of the molecule is CN=C(NCCCc1ccc(C(C)C)cc1)N1CCC(N2CCOCC2)C1. The Bertz CT molecular complexity index is 593. The number of morpholine rings is 1. The van der Waals surface area contributed by atoms with Crippen LogP contribution >= 0.6 is 0 Å². The van der Waals surface area contributed by atoms with Crippen molar-refractivity contribution in [3.63, 3.8) is 0 Å². The molecule has 27 heavy (non-hydrogen) atoms. The Morgan fingerprint density at radius 1 is 1.19 bits per heavy atom. The standard InChI is InChI=1S/C22H36N4O/c1-18(2)20-8-6-19(7-9-20)5-4-11-24-22(23-3)26-12-10-21(17-26)25-13-15-27-16-14-25/h6-9,18,21H,4-5,10-17H2,1-3H3,(H,23,24). The Kier molecular flexibility index (Phi) is 7.53. The minimum atomic E-state index is 0.603. The molecule has 0 spiro atoms. The maximum Gasteiger partial charge on any atom is 0.193 e. The van der Waals surface area contributed by atoms with E-state index in [1.807, 2.05) is 7.05 Å². The highest BCUT2D eigenvalue weighted by Crippen LogP contribution is 2.17. The van der Waals surface area contributed by atoms with Gasteiger partial charge in [-0.3, -0.25) is 9.89 Å². The van der Waals surface area contributed by atoms with Gasteiger partial charge in [0, 0.05) is 45.8 Å². The smallest absolute Gasteiger partial charge is 0.193 e. The molecule has 0 bridgehead atoms. The van der Waals surface area contributed by atoms with Gasteiger partial charge < -0.3 is 15.0 Å². The van der Waals surface area contributed by atoms with E-state index in [-0.39, 0.29) is 0 Å². The summed E-state index contributed by atoms with van der Waals surface area (Å²) in [4.78, 5) is 9.51. The summed E-state index contributed by atoms with van der Waals surface area (Å²) >= 11 is 0. The number of aryl methyl sites for hydroxylation is 1. The van der Waals surface area contributed by atoms with Crippen LogP contribution in [-0.4, -0.2) is 74.8 Å². The molecule has 1 aromatic carbocycles. The highest BCUT2D eigenvalue weighted by Gasteiger charge is 2.30. The zero-order valence-corrected chi connectivity index (χ0v) is 17.3. The first kappa shape index (κ1) is 20.2. The van der Waals surface area contributed by atoms with Gasteiger partial charge in [-0.05, 0) is 36.3 Å². The summed E-state index contributed by atoms with van der Waals surface area (Å²) in [5.74, 6) is 1.66. The van der Waals surface area contributed by atoms with E-state index in [0.717, 1.165) is 64.7 Å². The van der Waals surface area contributed by atoms with Crippen LogP contribution in [0.3, 0.4) is 0 Å². The molecule has 2 fully saturated rings. The molecular formula is C22H36N4O. The molecule has 0 saturated carbocycles. The lowest BCUT2D eigenvalue weighted by molar-refractivity contribution is 0.0195. The summed E-state index contributed by atoms with van der Waals surface area (Å²) in [5, 5.41) is 3.57. The lowest BCUT2D eigenvalue weighted by Gasteiger charge is -2.32. The fraction of sp³-hybridized carbons (Fsp3) is 0.682. The van der Waals surface area contributed by atoms with E-state index in [2.05, 4.69) is 58.2 Å². The average molecular weight is 373 g/mol. The summed E-state index contributed by atoms with van der Waals surface area (Å²) in [6.07, 6.45) is 3.46. The van der Waals surface area contributed by atoms with Gasteiger partial charge in [0.25, 0.3) is 0 Å². The number of guanidine groups is 1. The van der Waals surface area contributed by atoms with E-state index in [1.165, 1.54) is 17.5 Å². The normalized spacial score (nSPS) is 21.9. The molecular weight excluding hydrogens is 336 g/mol. The summed E-state index contributed by atoms with van der Waals surface area (Å²) in [7, 11) is 1.90. The van der Waals surface area contributed by atoms with E-state index >= 15 is 0 Å². The van der Waals surface area contributed by atoms with Gasteiger partial charge >= 0.3 is 0 Å². The fourth-order valence-corrected chi connectivity index (χ4v) is 4.07. The summed E-state index contributed by atoms with van der Waals surface area (Å²) in [6.45, 7) is 11.5. The molecule has 150 valence electrons.